The highest BCUT2D eigenvalue weighted by Crippen LogP contribution is 2.67. The summed E-state index contributed by atoms with van der Waals surface area (Å²) < 4.78 is 10.5. The maximum atomic E-state index is 13.9. The summed E-state index contributed by atoms with van der Waals surface area (Å²) in [5.74, 6) is 0.135. The lowest BCUT2D eigenvalue weighted by Crippen LogP contribution is -2.62. The number of rotatable bonds is 4. The molecule has 1 unspecified atom stereocenters. The third-order valence-corrected chi connectivity index (χ3v) is 11.0. The zero-order valence-electron chi connectivity index (χ0n) is 19.5. The minimum Gasteiger partial charge on any atom is -0.463 e. The number of alkyl halides is 1. The molecule has 0 saturated heterocycles. The molecule has 4 saturated carbocycles. The van der Waals surface area contributed by atoms with Gasteiger partial charge in [0.2, 0.25) is 0 Å². The molecule has 4 aliphatic rings. The van der Waals surface area contributed by atoms with Crippen LogP contribution in [0.4, 0.5) is 0 Å². The van der Waals surface area contributed by atoms with E-state index >= 15 is 0 Å². The van der Waals surface area contributed by atoms with E-state index in [2.05, 4.69) is 29.8 Å². The van der Waals surface area contributed by atoms with Crippen LogP contribution in [-0.4, -0.2) is 41.0 Å². The predicted molar refractivity (Wildman–Crippen MR) is 121 cm³/mol. The van der Waals surface area contributed by atoms with E-state index in [-0.39, 0.29) is 58.2 Å². The Kier molecular flexibility index (Phi) is 6.36. The number of esters is 2. The standard InChI is InChI=1S/C25H35BrO6/c1-13(27)31-12-20(29)19-8-7-18-17-6-5-15-11-16(32-14(2)28)9-10-24(15,3)21(17)22(30)23(26)25(18,19)4/h15-19,21,23H,5-12H2,1-4H3/t15?,16-,17+,18+,19-,21-,23+,24+,25+/m1/s1. The Balaban J connectivity index is 1.58. The Morgan fingerprint density at radius 1 is 1.03 bits per heavy atom. The van der Waals surface area contributed by atoms with Gasteiger partial charge in [0.1, 0.15) is 12.7 Å². The minimum absolute atomic E-state index is 0.0238. The molecule has 0 bridgehead atoms. The number of fused-ring (bicyclic) bond motifs is 5. The fraction of sp³-hybridized carbons (Fsp3) is 0.840. The number of hydrogen-bond donors (Lipinski definition) is 0. The van der Waals surface area contributed by atoms with Gasteiger partial charge >= 0.3 is 11.9 Å². The van der Waals surface area contributed by atoms with Crippen molar-refractivity contribution >= 4 is 39.4 Å². The Labute approximate surface area is 198 Å². The highest BCUT2D eigenvalue weighted by molar-refractivity contribution is 9.10. The summed E-state index contributed by atoms with van der Waals surface area (Å²) in [6.07, 6.45) is 6.19. The summed E-state index contributed by atoms with van der Waals surface area (Å²) in [5, 5.41) is 0. The van der Waals surface area contributed by atoms with Gasteiger partial charge in [-0.15, -0.1) is 0 Å². The van der Waals surface area contributed by atoms with Crippen molar-refractivity contribution in [2.24, 2.45) is 40.4 Å². The largest absolute Gasteiger partial charge is 0.463 e. The van der Waals surface area contributed by atoms with Crippen molar-refractivity contribution in [3.8, 4) is 0 Å². The first-order chi connectivity index (χ1) is 15.0. The number of Topliss-reactive ketones (excluding diaryl/α,β-unsaturated/α-hetero) is 2. The van der Waals surface area contributed by atoms with Gasteiger partial charge in [-0.05, 0) is 73.5 Å². The van der Waals surface area contributed by atoms with E-state index in [1.807, 2.05) is 0 Å². The van der Waals surface area contributed by atoms with Crippen molar-refractivity contribution in [2.45, 2.75) is 83.6 Å². The molecule has 4 aliphatic carbocycles. The third-order valence-electron chi connectivity index (χ3n) is 9.55. The molecule has 0 N–H and O–H groups in total. The van der Waals surface area contributed by atoms with Crippen LogP contribution in [0.15, 0.2) is 0 Å². The molecule has 4 fully saturated rings. The lowest BCUT2D eigenvalue weighted by atomic mass is 9.44. The zero-order valence-corrected chi connectivity index (χ0v) is 21.1. The molecule has 0 aromatic heterocycles. The predicted octanol–water partition coefficient (Wildman–Crippen LogP) is 4.26. The molecule has 0 heterocycles. The highest BCUT2D eigenvalue weighted by atomic mass is 79.9. The molecule has 0 aromatic rings. The highest BCUT2D eigenvalue weighted by Gasteiger charge is 2.67. The Bertz CT molecular complexity index is 825. The van der Waals surface area contributed by atoms with Crippen molar-refractivity contribution in [1.29, 1.82) is 0 Å². The first-order valence-electron chi connectivity index (χ1n) is 12.0. The number of carbonyl (C=O) groups excluding carboxylic acids is 4. The molecule has 0 aliphatic heterocycles. The van der Waals surface area contributed by atoms with E-state index in [0.717, 1.165) is 44.9 Å². The van der Waals surface area contributed by atoms with Gasteiger partial charge in [0.05, 0.1) is 4.83 Å². The van der Waals surface area contributed by atoms with Crippen LogP contribution >= 0.6 is 15.9 Å². The molecular weight excluding hydrogens is 476 g/mol. The van der Waals surface area contributed by atoms with Gasteiger partial charge in [-0.3, -0.25) is 19.2 Å². The van der Waals surface area contributed by atoms with Crippen molar-refractivity contribution in [3.63, 3.8) is 0 Å². The number of hydrogen-bond acceptors (Lipinski definition) is 6. The van der Waals surface area contributed by atoms with Gasteiger partial charge in [-0.1, -0.05) is 29.8 Å². The maximum Gasteiger partial charge on any atom is 0.303 e. The molecule has 9 atom stereocenters. The Morgan fingerprint density at radius 3 is 2.41 bits per heavy atom. The van der Waals surface area contributed by atoms with Crippen LogP contribution in [0.25, 0.3) is 0 Å². The van der Waals surface area contributed by atoms with E-state index in [1.54, 1.807) is 0 Å². The summed E-state index contributed by atoms with van der Waals surface area (Å²) in [6.45, 7) is 6.94. The van der Waals surface area contributed by atoms with Gasteiger partial charge in [0.25, 0.3) is 0 Å². The van der Waals surface area contributed by atoms with Gasteiger partial charge in [0, 0.05) is 25.7 Å². The quantitative estimate of drug-likeness (QED) is 0.414. The Morgan fingerprint density at radius 2 is 1.75 bits per heavy atom. The Hall–Kier alpha value is -1.24. The number of ether oxygens (including phenoxy) is 2. The normalized spacial score (nSPS) is 45.3. The summed E-state index contributed by atoms with van der Waals surface area (Å²) in [7, 11) is 0. The topological polar surface area (TPSA) is 86.7 Å². The molecule has 6 nitrogen and oxygen atoms in total. The van der Waals surface area contributed by atoms with E-state index < -0.39 is 11.4 Å². The van der Waals surface area contributed by atoms with Crippen molar-refractivity contribution in [1.82, 2.24) is 0 Å². The number of halogens is 1. The van der Waals surface area contributed by atoms with Crippen LogP contribution in [-0.2, 0) is 28.7 Å². The summed E-state index contributed by atoms with van der Waals surface area (Å²) in [5.41, 5.74) is -0.544. The molecule has 32 heavy (non-hydrogen) atoms. The minimum atomic E-state index is -0.455. The molecule has 0 radical (unpaired) electrons. The summed E-state index contributed by atoms with van der Waals surface area (Å²) in [6, 6.07) is 0. The van der Waals surface area contributed by atoms with Gasteiger partial charge in [-0.2, -0.15) is 0 Å². The van der Waals surface area contributed by atoms with Crippen LogP contribution < -0.4 is 0 Å². The van der Waals surface area contributed by atoms with Crippen LogP contribution in [0.2, 0.25) is 0 Å². The molecule has 178 valence electrons. The van der Waals surface area contributed by atoms with Gasteiger partial charge in [0.15, 0.2) is 11.6 Å². The SMILES string of the molecule is CC(=O)OCC(=O)[C@H]1CC[C@H]2[C@@H]3CCC4C[C@H](OC(C)=O)CC[C@]4(C)[C@H]3C(=O)[C@H](Br)[C@]12C. The lowest BCUT2D eigenvalue weighted by Gasteiger charge is -2.61. The van der Waals surface area contributed by atoms with E-state index in [1.165, 1.54) is 13.8 Å². The van der Waals surface area contributed by atoms with Crippen LogP contribution in [0.1, 0.15) is 72.6 Å². The summed E-state index contributed by atoms with van der Waals surface area (Å²) in [4.78, 5) is 49.2. The van der Waals surface area contributed by atoms with Crippen LogP contribution in [0.5, 0.6) is 0 Å². The van der Waals surface area contributed by atoms with E-state index in [9.17, 15) is 19.2 Å². The average molecular weight is 511 g/mol. The fourth-order valence-corrected chi connectivity index (χ4v) is 9.05. The zero-order chi connectivity index (χ0) is 23.4. The first-order valence-corrected chi connectivity index (χ1v) is 12.9. The van der Waals surface area contributed by atoms with Gasteiger partial charge < -0.3 is 9.47 Å². The third kappa shape index (κ3) is 3.67. The molecule has 0 spiro atoms. The second-order valence-electron chi connectivity index (χ2n) is 11.0. The number of ketones is 2. The lowest BCUT2D eigenvalue weighted by molar-refractivity contribution is -0.169. The maximum absolute atomic E-state index is 13.9. The number of carbonyl (C=O) groups is 4. The second kappa shape index (κ2) is 8.52. The molecule has 7 heteroatoms. The molecular formula is C25H35BrO6. The van der Waals surface area contributed by atoms with Gasteiger partial charge in [-0.25, -0.2) is 0 Å². The van der Waals surface area contributed by atoms with Crippen LogP contribution in [0.3, 0.4) is 0 Å². The molecule has 0 amide bonds. The van der Waals surface area contributed by atoms with E-state index in [0.29, 0.717) is 11.8 Å². The van der Waals surface area contributed by atoms with E-state index in [4.69, 9.17) is 9.47 Å². The molecule has 4 rings (SSSR count). The van der Waals surface area contributed by atoms with Crippen molar-refractivity contribution in [3.05, 3.63) is 0 Å². The second-order valence-corrected chi connectivity index (χ2v) is 12.0. The smallest absolute Gasteiger partial charge is 0.303 e. The van der Waals surface area contributed by atoms with Crippen LogP contribution in [0, 0.1) is 40.4 Å². The molecule has 0 aromatic carbocycles. The fourth-order valence-electron chi connectivity index (χ4n) is 8.11. The monoisotopic (exact) mass is 510 g/mol. The average Bonchev–Trinajstić information content (AvgIpc) is 3.08. The first kappa shape index (κ1) is 23.9. The summed E-state index contributed by atoms with van der Waals surface area (Å²) >= 11 is 3.77. The van der Waals surface area contributed by atoms with Crippen molar-refractivity contribution in [2.75, 3.05) is 6.61 Å². The van der Waals surface area contributed by atoms with Crippen molar-refractivity contribution < 1.29 is 28.7 Å².